The van der Waals surface area contributed by atoms with Gasteiger partial charge in [0.25, 0.3) is 0 Å². The molecule has 2 rings (SSSR count). The number of nitrogens with zero attached hydrogens (tertiary/aromatic N) is 1. The van der Waals surface area contributed by atoms with Crippen molar-refractivity contribution in [3.05, 3.63) is 10.9 Å². The van der Waals surface area contributed by atoms with E-state index in [4.69, 9.17) is 5.73 Å². The minimum atomic E-state index is 0.0431. The molecule has 0 aromatic carbocycles. The molecule has 1 aliphatic rings. The van der Waals surface area contributed by atoms with E-state index in [1.165, 1.54) is 30.7 Å². The molecule has 2 heterocycles. The zero-order valence-corrected chi connectivity index (χ0v) is 11.8. The van der Waals surface area contributed by atoms with E-state index in [1.807, 2.05) is 6.07 Å². The maximum Gasteiger partial charge on any atom is 0.171 e. The number of ketones is 1. The Bertz CT molecular complexity index is 430. The Balaban J connectivity index is 1.94. The third-order valence-corrected chi connectivity index (χ3v) is 4.71. The van der Waals surface area contributed by atoms with Gasteiger partial charge in [-0.3, -0.25) is 9.69 Å². The van der Waals surface area contributed by atoms with Crippen LogP contribution < -0.4 is 11.1 Å². The Hall–Kier alpha value is -1.07. The van der Waals surface area contributed by atoms with Crippen LogP contribution in [0.4, 0.5) is 10.7 Å². The second kappa shape index (κ2) is 5.71. The molecule has 1 aromatic heterocycles. The van der Waals surface area contributed by atoms with Gasteiger partial charge in [0, 0.05) is 19.5 Å². The lowest BCUT2D eigenvalue weighted by Crippen LogP contribution is -2.34. The number of hydrogen-bond acceptors (Lipinski definition) is 5. The quantitative estimate of drug-likeness (QED) is 0.804. The first-order valence-corrected chi connectivity index (χ1v) is 7.31. The molecule has 1 aliphatic heterocycles. The van der Waals surface area contributed by atoms with E-state index in [1.54, 1.807) is 6.92 Å². The molecule has 5 heteroatoms. The van der Waals surface area contributed by atoms with Crippen molar-refractivity contribution in [3.8, 4) is 0 Å². The minimum absolute atomic E-state index is 0.0431. The molecule has 0 aliphatic carbocycles. The Morgan fingerprint density at radius 1 is 1.67 bits per heavy atom. The maximum absolute atomic E-state index is 11.3. The highest BCUT2D eigenvalue weighted by Crippen LogP contribution is 2.30. The smallest absolute Gasteiger partial charge is 0.171 e. The van der Waals surface area contributed by atoms with Crippen molar-refractivity contribution in [1.29, 1.82) is 0 Å². The van der Waals surface area contributed by atoms with Gasteiger partial charge in [0.15, 0.2) is 5.78 Å². The van der Waals surface area contributed by atoms with E-state index in [9.17, 15) is 4.79 Å². The van der Waals surface area contributed by atoms with Gasteiger partial charge in [-0.05, 0) is 32.0 Å². The van der Waals surface area contributed by atoms with Crippen molar-refractivity contribution in [2.45, 2.75) is 32.7 Å². The van der Waals surface area contributed by atoms with Crippen molar-refractivity contribution in [3.63, 3.8) is 0 Å². The summed E-state index contributed by atoms with van der Waals surface area (Å²) in [6, 6.07) is 2.48. The van der Waals surface area contributed by atoms with Crippen LogP contribution in [-0.2, 0) is 0 Å². The lowest BCUT2D eigenvalue weighted by Gasteiger charge is -2.22. The van der Waals surface area contributed by atoms with Crippen LogP contribution in [0.1, 0.15) is 36.4 Å². The molecule has 18 heavy (non-hydrogen) atoms. The number of thiophene rings is 1. The minimum Gasteiger partial charge on any atom is -0.397 e. The van der Waals surface area contributed by atoms with Crippen LogP contribution in [0.25, 0.3) is 0 Å². The summed E-state index contributed by atoms with van der Waals surface area (Å²) in [5.41, 5.74) is 6.41. The Labute approximate surface area is 112 Å². The molecule has 0 spiro atoms. The number of hydrogen-bond donors (Lipinski definition) is 2. The summed E-state index contributed by atoms with van der Waals surface area (Å²) in [5.74, 6) is 0.0431. The fourth-order valence-corrected chi connectivity index (χ4v) is 3.41. The van der Waals surface area contributed by atoms with Gasteiger partial charge in [-0.25, -0.2) is 0 Å². The van der Waals surface area contributed by atoms with Gasteiger partial charge in [0.05, 0.1) is 15.6 Å². The molecular weight excluding hydrogens is 246 g/mol. The van der Waals surface area contributed by atoms with E-state index in [0.717, 1.165) is 18.1 Å². The average Bonchev–Trinajstić information content (AvgIpc) is 2.92. The van der Waals surface area contributed by atoms with Gasteiger partial charge in [-0.1, -0.05) is 6.92 Å². The van der Waals surface area contributed by atoms with Crippen molar-refractivity contribution in [2.75, 3.05) is 30.7 Å². The highest BCUT2D eigenvalue weighted by molar-refractivity contribution is 7.18. The first-order chi connectivity index (χ1) is 8.61. The lowest BCUT2D eigenvalue weighted by molar-refractivity contribution is 0.102. The lowest BCUT2D eigenvalue weighted by atomic mass is 10.2. The first-order valence-electron chi connectivity index (χ1n) is 6.50. The number of anilines is 2. The fraction of sp³-hybridized carbons (Fsp3) is 0.615. The van der Waals surface area contributed by atoms with Crippen LogP contribution in [0.3, 0.4) is 0 Å². The molecule has 1 unspecified atom stereocenters. The van der Waals surface area contributed by atoms with Crippen molar-refractivity contribution < 1.29 is 4.79 Å². The van der Waals surface area contributed by atoms with Crippen LogP contribution in [-0.4, -0.2) is 36.4 Å². The standard InChI is InChI=1S/C13H21N3OS/c1-3-16-6-4-5-10(16)8-15-12-7-11(14)13(18-12)9(2)17/h7,10,15H,3-6,8,14H2,1-2H3. The predicted octanol–water partition coefficient (Wildman–Crippen LogP) is 2.43. The van der Waals surface area contributed by atoms with E-state index in [-0.39, 0.29) is 5.78 Å². The van der Waals surface area contributed by atoms with Gasteiger partial charge in [0.1, 0.15) is 0 Å². The van der Waals surface area contributed by atoms with Crippen molar-refractivity contribution in [2.24, 2.45) is 0 Å². The van der Waals surface area contributed by atoms with Gasteiger partial charge >= 0.3 is 0 Å². The summed E-state index contributed by atoms with van der Waals surface area (Å²) in [6.45, 7) is 7.01. The SMILES string of the molecule is CCN1CCCC1CNc1cc(N)c(C(C)=O)s1. The van der Waals surface area contributed by atoms with Gasteiger partial charge in [0.2, 0.25) is 0 Å². The van der Waals surface area contributed by atoms with E-state index in [2.05, 4.69) is 17.1 Å². The molecule has 1 atom stereocenters. The summed E-state index contributed by atoms with van der Waals surface area (Å²) >= 11 is 1.46. The molecule has 1 fully saturated rings. The molecule has 0 saturated carbocycles. The molecular formula is C13H21N3OS. The number of rotatable bonds is 5. The molecule has 4 nitrogen and oxygen atoms in total. The van der Waals surface area contributed by atoms with Gasteiger partial charge in [-0.2, -0.15) is 0 Å². The van der Waals surface area contributed by atoms with Crippen LogP contribution in [0.5, 0.6) is 0 Å². The van der Waals surface area contributed by atoms with E-state index >= 15 is 0 Å². The average molecular weight is 267 g/mol. The number of likely N-dealkylation sites (tertiary alicyclic amines) is 1. The summed E-state index contributed by atoms with van der Waals surface area (Å²) in [5, 5.41) is 4.41. The zero-order valence-electron chi connectivity index (χ0n) is 11.0. The predicted molar refractivity (Wildman–Crippen MR) is 77.5 cm³/mol. The van der Waals surface area contributed by atoms with E-state index < -0.39 is 0 Å². The first kappa shape index (κ1) is 13.4. The Kier molecular flexibility index (Phi) is 4.24. The highest BCUT2D eigenvalue weighted by Gasteiger charge is 2.22. The number of nitrogens with two attached hydrogens (primary N) is 1. The summed E-state index contributed by atoms with van der Waals surface area (Å²) < 4.78 is 0. The van der Waals surface area contributed by atoms with E-state index in [0.29, 0.717) is 16.6 Å². The number of carbonyl (C=O) groups excluding carboxylic acids is 1. The second-order valence-corrected chi connectivity index (χ2v) is 5.81. The Morgan fingerprint density at radius 2 is 2.44 bits per heavy atom. The second-order valence-electron chi connectivity index (χ2n) is 4.76. The van der Waals surface area contributed by atoms with Crippen molar-refractivity contribution in [1.82, 2.24) is 4.90 Å². The molecule has 0 bridgehead atoms. The zero-order chi connectivity index (χ0) is 13.1. The molecule has 3 N–H and O–H groups in total. The number of nitrogen functional groups attached to an aromatic ring is 1. The summed E-state index contributed by atoms with van der Waals surface area (Å²) in [7, 11) is 0. The normalized spacial score (nSPS) is 20.2. The third-order valence-electron chi connectivity index (χ3n) is 3.50. The molecule has 0 radical (unpaired) electrons. The number of Topliss-reactive ketones (excluding diaryl/α,β-unsaturated/α-hetero) is 1. The number of likely N-dealkylation sites (N-methyl/N-ethyl adjacent to an activating group) is 1. The topological polar surface area (TPSA) is 58.4 Å². The largest absolute Gasteiger partial charge is 0.397 e. The molecule has 1 saturated heterocycles. The molecule has 0 amide bonds. The third kappa shape index (κ3) is 2.84. The van der Waals surface area contributed by atoms with Crippen molar-refractivity contribution >= 4 is 27.8 Å². The summed E-state index contributed by atoms with van der Waals surface area (Å²) in [4.78, 5) is 14.5. The monoisotopic (exact) mass is 267 g/mol. The van der Waals surface area contributed by atoms with Crippen LogP contribution >= 0.6 is 11.3 Å². The maximum atomic E-state index is 11.3. The van der Waals surface area contributed by atoms with Crippen LogP contribution in [0, 0.1) is 0 Å². The molecule has 100 valence electrons. The highest BCUT2D eigenvalue weighted by atomic mass is 32.1. The van der Waals surface area contributed by atoms with Gasteiger partial charge in [-0.15, -0.1) is 11.3 Å². The summed E-state index contributed by atoms with van der Waals surface area (Å²) in [6.07, 6.45) is 2.53. The molecule has 1 aromatic rings. The van der Waals surface area contributed by atoms with Crippen LogP contribution in [0.2, 0.25) is 0 Å². The fourth-order valence-electron chi connectivity index (χ4n) is 2.53. The van der Waals surface area contributed by atoms with Gasteiger partial charge < -0.3 is 11.1 Å². The number of carbonyl (C=O) groups is 1. The number of nitrogens with one attached hydrogen (secondary N) is 1. The van der Waals surface area contributed by atoms with Crippen LogP contribution in [0.15, 0.2) is 6.07 Å². The Morgan fingerprint density at radius 3 is 3.06 bits per heavy atom.